The van der Waals surface area contributed by atoms with Crippen molar-refractivity contribution in [2.45, 2.75) is 36.9 Å². The zero-order valence-electron chi connectivity index (χ0n) is 18.5. The second-order valence-corrected chi connectivity index (χ2v) is 8.95. The van der Waals surface area contributed by atoms with E-state index < -0.39 is 86.9 Å². The van der Waals surface area contributed by atoms with E-state index >= 15 is 0 Å². The highest BCUT2D eigenvalue weighted by atomic mass is 35.5. The van der Waals surface area contributed by atoms with E-state index in [4.69, 9.17) is 39.9 Å². The molecule has 0 radical (unpaired) electrons. The van der Waals surface area contributed by atoms with Crippen LogP contribution in [0.3, 0.4) is 0 Å². The van der Waals surface area contributed by atoms with Gasteiger partial charge in [-0.1, -0.05) is 40.9 Å². The van der Waals surface area contributed by atoms with Crippen LogP contribution in [0, 0.1) is 0 Å². The van der Waals surface area contributed by atoms with Gasteiger partial charge >= 0.3 is 24.5 Å². The molecule has 17 heteroatoms. The highest BCUT2D eigenvalue weighted by Crippen LogP contribution is 2.43. The number of allylic oxidation sites excluding steroid dienone is 1. The SMILES string of the molecule is O=C(O)CC(NC(=O)c1ccc(C(F)=CC(c2cc(Cl)c(Cl)c(Cl)c2)C(F)(F)F)cc1C(F)(F)F)C(F)(F)F. The summed E-state index contributed by atoms with van der Waals surface area (Å²) in [5, 5.41) is 8.52. The van der Waals surface area contributed by atoms with E-state index in [9.17, 15) is 53.5 Å². The van der Waals surface area contributed by atoms with E-state index in [2.05, 4.69) is 0 Å². The Morgan fingerprint density at radius 2 is 1.44 bits per heavy atom. The molecule has 2 N–H and O–H groups in total. The number of carboxylic acid groups (broad SMARTS) is 1. The number of halogens is 13. The zero-order valence-corrected chi connectivity index (χ0v) is 20.8. The van der Waals surface area contributed by atoms with Crippen LogP contribution in [0.25, 0.3) is 5.83 Å². The molecule has 0 fully saturated rings. The minimum absolute atomic E-state index is 0.0875. The molecule has 0 aliphatic rings. The number of amides is 1. The molecule has 39 heavy (non-hydrogen) atoms. The quantitative estimate of drug-likeness (QED) is 0.237. The van der Waals surface area contributed by atoms with E-state index in [1.165, 1.54) is 0 Å². The Labute approximate surface area is 227 Å². The maximum Gasteiger partial charge on any atom is 0.417 e. The normalized spacial score (nSPS) is 14.6. The van der Waals surface area contributed by atoms with Crippen molar-refractivity contribution >= 4 is 52.5 Å². The molecular formula is C22H12Cl3F10NO3. The van der Waals surface area contributed by atoms with Crippen molar-refractivity contribution in [3.8, 4) is 0 Å². The number of hydrogen-bond acceptors (Lipinski definition) is 2. The monoisotopic (exact) mass is 633 g/mol. The highest BCUT2D eigenvalue weighted by molar-refractivity contribution is 6.48. The molecule has 2 aromatic rings. The number of benzene rings is 2. The fourth-order valence-corrected chi connectivity index (χ4v) is 3.77. The molecule has 0 bridgehead atoms. The van der Waals surface area contributed by atoms with Crippen LogP contribution in [0.15, 0.2) is 36.4 Å². The summed E-state index contributed by atoms with van der Waals surface area (Å²) in [6.45, 7) is 0. The van der Waals surface area contributed by atoms with Crippen LogP contribution in [0.4, 0.5) is 43.9 Å². The topological polar surface area (TPSA) is 66.4 Å². The number of aliphatic carboxylic acids is 1. The lowest BCUT2D eigenvalue weighted by Crippen LogP contribution is -2.47. The van der Waals surface area contributed by atoms with Gasteiger partial charge in [-0.25, -0.2) is 4.39 Å². The van der Waals surface area contributed by atoms with Gasteiger partial charge in [0, 0.05) is 5.56 Å². The number of hydrogen-bond donors (Lipinski definition) is 2. The van der Waals surface area contributed by atoms with Gasteiger partial charge in [-0.15, -0.1) is 0 Å². The third-order valence-electron chi connectivity index (χ3n) is 4.96. The average Bonchev–Trinajstić information content (AvgIpc) is 2.77. The van der Waals surface area contributed by atoms with Gasteiger partial charge < -0.3 is 10.4 Å². The molecule has 0 aliphatic carbocycles. The van der Waals surface area contributed by atoms with Crippen molar-refractivity contribution in [3.63, 3.8) is 0 Å². The molecule has 0 heterocycles. The van der Waals surface area contributed by atoms with Crippen LogP contribution in [0.2, 0.25) is 15.1 Å². The predicted molar refractivity (Wildman–Crippen MR) is 120 cm³/mol. The zero-order chi connectivity index (χ0) is 30.1. The van der Waals surface area contributed by atoms with Crippen LogP contribution in [-0.4, -0.2) is 35.4 Å². The summed E-state index contributed by atoms with van der Waals surface area (Å²) < 4.78 is 136. The van der Waals surface area contributed by atoms with Crippen LogP contribution >= 0.6 is 34.8 Å². The Kier molecular flexibility index (Phi) is 9.84. The summed E-state index contributed by atoms with van der Waals surface area (Å²) in [6.07, 6.45) is -17.9. The van der Waals surface area contributed by atoms with E-state index in [-0.39, 0.29) is 23.2 Å². The Morgan fingerprint density at radius 3 is 1.87 bits per heavy atom. The number of alkyl halides is 9. The first-order valence-corrected chi connectivity index (χ1v) is 11.2. The summed E-state index contributed by atoms with van der Waals surface area (Å²) in [7, 11) is 0. The maximum atomic E-state index is 14.9. The van der Waals surface area contributed by atoms with Crippen molar-refractivity contribution in [2.24, 2.45) is 0 Å². The van der Waals surface area contributed by atoms with Gasteiger partial charge in [-0.3, -0.25) is 9.59 Å². The minimum atomic E-state index is -5.50. The van der Waals surface area contributed by atoms with Crippen molar-refractivity contribution in [3.05, 3.63) is 73.7 Å². The number of carbonyl (C=O) groups excluding carboxylic acids is 1. The summed E-state index contributed by atoms with van der Waals surface area (Å²) in [6, 6.07) is -1.10. The molecule has 2 rings (SSSR count). The maximum absolute atomic E-state index is 14.9. The Hall–Kier alpha value is -2.71. The van der Waals surface area contributed by atoms with Crippen molar-refractivity contribution in [1.82, 2.24) is 5.32 Å². The molecular weight excluding hydrogens is 623 g/mol. The molecule has 2 atom stereocenters. The van der Waals surface area contributed by atoms with Crippen LogP contribution in [-0.2, 0) is 11.0 Å². The Balaban J connectivity index is 2.58. The second-order valence-electron chi connectivity index (χ2n) is 7.76. The minimum Gasteiger partial charge on any atom is -0.481 e. The summed E-state index contributed by atoms with van der Waals surface area (Å²) in [5.74, 6) is -8.68. The molecule has 214 valence electrons. The van der Waals surface area contributed by atoms with E-state index in [0.29, 0.717) is 18.2 Å². The van der Waals surface area contributed by atoms with Crippen molar-refractivity contribution in [1.29, 1.82) is 0 Å². The number of carbonyl (C=O) groups is 2. The highest BCUT2D eigenvalue weighted by Gasteiger charge is 2.44. The fourth-order valence-electron chi connectivity index (χ4n) is 3.16. The van der Waals surface area contributed by atoms with E-state index in [0.717, 1.165) is 5.32 Å². The lowest BCUT2D eigenvalue weighted by Gasteiger charge is -2.21. The fraction of sp³-hybridized carbons (Fsp3) is 0.273. The molecule has 0 spiro atoms. The van der Waals surface area contributed by atoms with Crippen LogP contribution < -0.4 is 5.32 Å². The van der Waals surface area contributed by atoms with Gasteiger partial charge in [0.15, 0.2) is 0 Å². The Morgan fingerprint density at radius 1 is 0.897 bits per heavy atom. The lowest BCUT2D eigenvalue weighted by molar-refractivity contribution is -0.165. The Bertz CT molecular complexity index is 1270. The van der Waals surface area contributed by atoms with Gasteiger partial charge in [0.1, 0.15) is 17.8 Å². The van der Waals surface area contributed by atoms with Crippen molar-refractivity contribution in [2.75, 3.05) is 0 Å². The first-order valence-electron chi connectivity index (χ1n) is 10.0. The van der Waals surface area contributed by atoms with Crippen LogP contribution in [0.1, 0.15) is 39.4 Å². The molecule has 1 amide bonds. The molecule has 0 aromatic heterocycles. The van der Waals surface area contributed by atoms with Gasteiger partial charge in [-0.2, -0.15) is 39.5 Å². The summed E-state index contributed by atoms with van der Waals surface area (Å²) in [5.41, 5.74) is -5.31. The third kappa shape index (κ3) is 8.39. The van der Waals surface area contributed by atoms with Gasteiger partial charge in [0.05, 0.1) is 32.6 Å². The smallest absolute Gasteiger partial charge is 0.417 e. The average molecular weight is 635 g/mol. The first-order chi connectivity index (χ1) is 17.6. The first kappa shape index (κ1) is 32.5. The summed E-state index contributed by atoms with van der Waals surface area (Å²) >= 11 is 17.1. The van der Waals surface area contributed by atoms with Crippen molar-refractivity contribution < 1.29 is 58.6 Å². The molecule has 0 saturated carbocycles. The third-order valence-corrected chi connectivity index (χ3v) is 6.15. The van der Waals surface area contributed by atoms with Gasteiger partial charge in [0.2, 0.25) is 0 Å². The second kappa shape index (κ2) is 11.8. The lowest BCUT2D eigenvalue weighted by atomic mass is 9.95. The van der Waals surface area contributed by atoms with E-state index in [1.807, 2.05) is 0 Å². The molecule has 0 saturated heterocycles. The number of rotatable bonds is 7. The standard InChI is InChI=1S/C22H12Cl3F10NO3/c23-13-4-9(5-14(24)18(13)25)11(20(27,28)29)6-15(26)8-1-2-10(12(3-8)21(30,31)32)19(39)36-16(7-17(37)38)22(33,34)35/h1-6,11,16H,7H2,(H,36,39)(H,37,38). The van der Waals surface area contributed by atoms with Gasteiger partial charge in [-0.05, 0) is 35.9 Å². The summed E-state index contributed by atoms with van der Waals surface area (Å²) in [4.78, 5) is 22.9. The predicted octanol–water partition coefficient (Wildman–Crippen LogP) is 8.46. The number of carboxylic acids is 1. The van der Waals surface area contributed by atoms with Crippen LogP contribution in [0.5, 0.6) is 0 Å². The molecule has 0 aliphatic heterocycles. The molecule has 4 nitrogen and oxygen atoms in total. The molecule has 2 aromatic carbocycles. The number of nitrogens with one attached hydrogen (secondary N) is 1. The van der Waals surface area contributed by atoms with Gasteiger partial charge in [0.25, 0.3) is 5.91 Å². The van der Waals surface area contributed by atoms with E-state index in [1.54, 1.807) is 0 Å². The largest absolute Gasteiger partial charge is 0.481 e. The molecule has 2 unspecified atom stereocenters.